The molecule has 1 aliphatic carbocycles. The number of aromatic nitrogens is 3. The number of hydrogen-bond acceptors (Lipinski definition) is 4. The number of H-pyrrole nitrogens is 1. The molecule has 0 spiro atoms. The van der Waals surface area contributed by atoms with Crippen molar-refractivity contribution in [2.24, 2.45) is 0 Å². The van der Waals surface area contributed by atoms with Gasteiger partial charge < -0.3 is 15.6 Å². The first-order chi connectivity index (χ1) is 14.6. The summed E-state index contributed by atoms with van der Waals surface area (Å²) in [6.07, 6.45) is 6.79. The zero-order chi connectivity index (χ0) is 20.7. The molecule has 6 nitrogen and oxygen atoms in total. The highest BCUT2D eigenvalue weighted by molar-refractivity contribution is 6.02. The number of aromatic amines is 1. The van der Waals surface area contributed by atoms with Crippen molar-refractivity contribution in [3.63, 3.8) is 0 Å². The number of carbonyl (C=O) groups excluding carboxylic acids is 1. The molecule has 8 heteroatoms. The number of pyridine rings is 2. The lowest BCUT2D eigenvalue weighted by atomic mass is 10.1. The third-order valence-electron chi connectivity index (χ3n) is 4.98. The zero-order valence-electron chi connectivity index (χ0n) is 15.7. The molecule has 1 aromatic carbocycles. The van der Waals surface area contributed by atoms with E-state index < -0.39 is 11.6 Å². The summed E-state index contributed by atoms with van der Waals surface area (Å²) < 4.78 is 27.7. The highest BCUT2D eigenvalue weighted by Crippen LogP contribution is 2.32. The van der Waals surface area contributed by atoms with Crippen LogP contribution in [0, 0.1) is 11.6 Å². The van der Waals surface area contributed by atoms with Crippen molar-refractivity contribution in [2.75, 3.05) is 5.32 Å². The van der Waals surface area contributed by atoms with Crippen LogP contribution in [0.2, 0.25) is 0 Å². The number of anilines is 2. The number of halogens is 2. The molecule has 0 radical (unpaired) electrons. The van der Waals surface area contributed by atoms with Gasteiger partial charge in [0.1, 0.15) is 17.3 Å². The maximum Gasteiger partial charge on any atom is 0.255 e. The number of fused-ring (bicyclic) bond motifs is 1. The second-order valence-electron chi connectivity index (χ2n) is 7.21. The number of hydrogen-bond donors (Lipinski definition) is 3. The minimum absolute atomic E-state index is 0.178. The summed E-state index contributed by atoms with van der Waals surface area (Å²) in [4.78, 5) is 24.1. The summed E-state index contributed by atoms with van der Waals surface area (Å²) >= 11 is 0. The van der Waals surface area contributed by atoms with E-state index in [1.165, 1.54) is 18.3 Å². The van der Waals surface area contributed by atoms with E-state index in [2.05, 4.69) is 25.6 Å². The molecular formula is C22H17F2N5O. The quantitative estimate of drug-likeness (QED) is 0.455. The fourth-order valence-corrected chi connectivity index (χ4v) is 3.30. The second-order valence-corrected chi connectivity index (χ2v) is 7.21. The normalized spacial score (nSPS) is 13.4. The lowest BCUT2D eigenvalue weighted by molar-refractivity contribution is 0.0951. The monoisotopic (exact) mass is 405 g/mol. The predicted octanol–water partition coefficient (Wildman–Crippen LogP) is 4.54. The fraction of sp³-hybridized carbons (Fsp3) is 0.136. The Morgan fingerprint density at radius 2 is 1.97 bits per heavy atom. The van der Waals surface area contributed by atoms with Crippen molar-refractivity contribution >= 4 is 28.3 Å². The van der Waals surface area contributed by atoms with Gasteiger partial charge in [-0.15, -0.1) is 0 Å². The maximum atomic E-state index is 14.3. The van der Waals surface area contributed by atoms with E-state index in [4.69, 9.17) is 0 Å². The Balaban J connectivity index is 1.57. The van der Waals surface area contributed by atoms with Crippen LogP contribution in [0.3, 0.4) is 0 Å². The SMILES string of the molecule is O=C(NC1CC1)c1cnccc1Nc1cc(-c2ccc(F)cc2F)nc2[nH]ccc12. The third-order valence-corrected chi connectivity index (χ3v) is 4.98. The average molecular weight is 405 g/mol. The van der Waals surface area contributed by atoms with E-state index >= 15 is 0 Å². The van der Waals surface area contributed by atoms with Crippen LogP contribution in [0.15, 0.2) is 55.0 Å². The molecule has 1 amide bonds. The smallest absolute Gasteiger partial charge is 0.255 e. The summed E-state index contributed by atoms with van der Waals surface area (Å²) in [5.74, 6) is -1.55. The van der Waals surface area contributed by atoms with E-state index in [1.807, 2.05) is 6.07 Å². The summed E-state index contributed by atoms with van der Waals surface area (Å²) in [7, 11) is 0. The average Bonchev–Trinajstić information content (AvgIpc) is 3.41. The molecule has 1 saturated carbocycles. The van der Waals surface area contributed by atoms with Crippen LogP contribution >= 0.6 is 0 Å². The van der Waals surface area contributed by atoms with Crippen molar-refractivity contribution < 1.29 is 13.6 Å². The van der Waals surface area contributed by atoms with Gasteiger partial charge in [-0.1, -0.05) is 0 Å². The molecule has 3 aromatic heterocycles. The van der Waals surface area contributed by atoms with Crippen LogP contribution in [0.4, 0.5) is 20.2 Å². The van der Waals surface area contributed by atoms with E-state index in [1.54, 1.807) is 24.5 Å². The Morgan fingerprint density at radius 3 is 2.77 bits per heavy atom. The van der Waals surface area contributed by atoms with Gasteiger partial charge in [-0.05, 0) is 43.2 Å². The number of nitrogens with zero attached hydrogens (tertiary/aromatic N) is 2. The van der Waals surface area contributed by atoms with Crippen molar-refractivity contribution in [1.29, 1.82) is 0 Å². The standard InChI is InChI=1S/C22H17F2N5O/c23-12-1-4-14(17(24)9-12)19-10-20(15-5-8-26-21(15)29-19)28-18-6-7-25-11-16(18)22(30)27-13-2-3-13/h1,4-11,13H,2-3H2,(H,27,30)(H2,25,26,28,29). The van der Waals surface area contributed by atoms with E-state index in [0.29, 0.717) is 28.3 Å². The first-order valence-corrected chi connectivity index (χ1v) is 9.54. The fourth-order valence-electron chi connectivity index (χ4n) is 3.30. The largest absolute Gasteiger partial charge is 0.354 e. The van der Waals surface area contributed by atoms with Gasteiger partial charge in [0, 0.05) is 41.6 Å². The zero-order valence-corrected chi connectivity index (χ0v) is 15.7. The highest BCUT2D eigenvalue weighted by atomic mass is 19.1. The molecule has 150 valence electrons. The van der Waals surface area contributed by atoms with Crippen LogP contribution < -0.4 is 10.6 Å². The number of benzene rings is 1. The number of rotatable bonds is 5. The Kier molecular flexibility index (Phi) is 4.39. The summed E-state index contributed by atoms with van der Waals surface area (Å²) in [5.41, 5.74) is 2.67. The maximum absolute atomic E-state index is 14.3. The molecule has 3 N–H and O–H groups in total. The van der Waals surface area contributed by atoms with Gasteiger partial charge in [0.05, 0.1) is 22.6 Å². The molecule has 0 unspecified atom stereocenters. The Bertz CT molecular complexity index is 1270. The number of carbonyl (C=O) groups is 1. The molecule has 0 atom stereocenters. The van der Waals surface area contributed by atoms with Crippen LogP contribution in [-0.4, -0.2) is 26.9 Å². The Hall–Kier alpha value is -3.81. The Labute approximate surface area is 170 Å². The predicted molar refractivity (Wildman–Crippen MR) is 109 cm³/mol. The molecule has 0 aliphatic heterocycles. The third kappa shape index (κ3) is 3.47. The molecule has 4 aromatic rings. The topological polar surface area (TPSA) is 82.7 Å². The Morgan fingerprint density at radius 1 is 1.10 bits per heavy atom. The minimum atomic E-state index is -0.701. The molecule has 3 heterocycles. The van der Waals surface area contributed by atoms with Gasteiger partial charge in [0.2, 0.25) is 0 Å². The van der Waals surface area contributed by atoms with Crippen molar-refractivity contribution in [3.8, 4) is 11.3 Å². The lowest BCUT2D eigenvalue weighted by Crippen LogP contribution is -2.26. The van der Waals surface area contributed by atoms with Gasteiger partial charge in [-0.25, -0.2) is 13.8 Å². The molecule has 30 heavy (non-hydrogen) atoms. The number of nitrogens with one attached hydrogen (secondary N) is 3. The number of amides is 1. The highest BCUT2D eigenvalue weighted by Gasteiger charge is 2.25. The summed E-state index contributed by atoms with van der Waals surface area (Å²) in [6, 6.07) is 8.80. The van der Waals surface area contributed by atoms with Crippen LogP contribution in [-0.2, 0) is 0 Å². The van der Waals surface area contributed by atoms with E-state index in [-0.39, 0.29) is 17.5 Å². The van der Waals surface area contributed by atoms with E-state index in [0.717, 1.165) is 24.3 Å². The molecule has 0 bridgehead atoms. The van der Waals surface area contributed by atoms with Gasteiger partial charge in [0.25, 0.3) is 5.91 Å². The first kappa shape index (κ1) is 18.2. The lowest BCUT2D eigenvalue weighted by Gasteiger charge is -2.14. The van der Waals surface area contributed by atoms with Crippen molar-refractivity contribution in [1.82, 2.24) is 20.3 Å². The van der Waals surface area contributed by atoms with E-state index in [9.17, 15) is 13.6 Å². The summed E-state index contributed by atoms with van der Waals surface area (Å²) in [6.45, 7) is 0. The molecular weight excluding hydrogens is 388 g/mol. The van der Waals surface area contributed by atoms with Gasteiger partial charge in [-0.3, -0.25) is 9.78 Å². The first-order valence-electron chi connectivity index (χ1n) is 9.54. The summed E-state index contributed by atoms with van der Waals surface area (Å²) in [5, 5.41) is 6.99. The van der Waals surface area contributed by atoms with Crippen molar-refractivity contribution in [3.05, 3.63) is 72.2 Å². The van der Waals surface area contributed by atoms with Gasteiger partial charge in [-0.2, -0.15) is 0 Å². The van der Waals surface area contributed by atoms with Crippen molar-refractivity contribution in [2.45, 2.75) is 18.9 Å². The molecule has 1 aliphatic rings. The van der Waals surface area contributed by atoms with Crippen LogP contribution in [0.1, 0.15) is 23.2 Å². The van der Waals surface area contributed by atoms with Crippen LogP contribution in [0.5, 0.6) is 0 Å². The van der Waals surface area contributed by atoms with Gasteiger partial charge >= 0.3 is 0 Å². The molecule has 1 fully saturated rings. The van der Waals surface area contributed by atoms with Crippen LogP contribution in [0.25, 0.3) is 22.3 Å². The second kappa shape index (κ2) is 7.22. The molecule has 0 saturated heterocycles. The van der Waals surface area contributed by atoms with Gasteiger partial charge in [0.15, 0.2) is 0 Å². The minimum Gasteiger partial charge on any atom is -0.354 e. The molecule has 5 rings (SSSR count).